The Bertz CT molecular complexity index is 525. The van der Waals surface area contributed by atoms with Gasteiger partial charge in [0, 0.05) is 12.1 Å². The van der Waals surface area contributed by atoms with E-state index in [1.807, 2.05) is 12.3 Å². The van der Waals surface area contributed by atoms with Gasteiger partial charge in [0.1, 0.15) is 5.01 Å². The number of thiazole rings is 1. The Morgan fingerprint density at radius 1 is 1.00 bits per heavy atom. The highest BCUT2D eigenvalue weighted by atomic mass is 32.1. The first-order valence-corrected chi connectivity index (χ1v) is 6.11. The molecule has 0 unspecified atom stereocenters. The summed E-state index contributed by atoms with van der Waals surface area (Å²) in [7, 11) is 0. The zero-order chi connectivity index (χ0) is 10.8. The minimum atomic E-state index is 0.377. The van der Waals surface area contributed by atoms with Gasteiger partial charge in [-0.2, -0.15) is 0 Å². The number of allylic oxidation sites excluding steroid dienone is 4. The molecule has 0 amide bonds. The molecular formula is C14H11NS. The summed E-state index contributed by atoms with van der Waals surface area (Å²) in [5.41, 5.74) is 1.25. The Hall–Kier alpha value is -1.67. The van der Waals surface area contributed by atoms with Gasteiger partial charge in [0.25, 0.3) is 0 Å². The van der Waals surface area contributed by atoms with Gasteiger partial charge >= 0.3 is 0 Å². The maximum Gasteiger partial charge on any atom is 0.104 e. The minimum Gasteiger partial charge on any atom is -0.248 e. The summed E-state index contributed by atoms with van der Waals surface area (Å²) >= 11 is 1.77. The summed E-state index contributed by atoms with van der Waals surface area (Å²) in [4.78, 5) is 5.73. The van der Waals surface area contributed by atoms with Crippen LogP contribution in [0.15, 0.2) is 60.8 Å². The Morgan fingerprint density at radius 2 is 1.75 bits per heavy atom. The van der Waals surface area contributed by atoms with E-state index in [0.29, 0.717) is 5.92 Å². The largest absolute Gasteiger partial charge is 0.248 e. The van der Waals surface area contributed by atoms with Gasteiger partial charge in [-0.15, -0.1) is 11.3 Å². The first-order valence-electron chi connectivity index (χ1n) is 5.29. The summed E-state index contributed by atoms with van der Waals surface area (Å²) < 4.78 is 0. The molecule has 0 saturated heterocycles. The number of hydrogen-bond acceptors (Lipinski definition) is 2. The van der Waals surface area contributed by atoms with Crippen LogP contribution in [0.4, 0.5) is 0 Å². The molecule has 0 atom stereocenters. The van der Waals surface area contributed by atoms with E-state index >= 15 is 0 Å². The molecule has 1 aromatic heterocycles. The molecule has 3 rings (SSSR count). The van der Waals surface area contributed by atoms with Gasteiger partial charge in [0.15, 0.2) is 0 Å². The zero-order valence-corrected chi connectivity index (χ0v) is 9.52. The molecule has 0 spiro atoms. The second-order valence-corrected chi connectivity index (χ2v) is 4.79. The van der Waals surface area contributed by atoms with Crippen LogP contribution in [0.25, 0.3) is 10.4 Å². The van der Waals surface area contributed by atoms with Crippen molar-refractivity contribution in [2.24, 2.45) is 0 Å². The Morgan fingerprint density at radius 3 is 2.50 bits per heavy atom. The molecule has 2 aromatic rings. The molecule has 1 aliphatic rings. The molecule has 0 saturated carbocycles. The van der Waals surface area contributed by atoms with Crippen LogP contribution in [0.1, 0.15) is 10.9 Å². The van der Waals surface area contributed by atoms with Crippen molar-refractivity contribution in [3.05, 3.63) is 65.8 Å². The van der Waals surface area contributed by atoms with Crippen molar-refractivity contribution in [2.75, 3.05) is 0 Å². The average Bonchev–Trinajstić information content (AvgIpc) is 3.01. The van der Waals surface area contributed by atoms with E-state index < -0.39 is 0 Å². The van der Waals surface area contributed by atoms with E-state index in [1.165, 1.54) is 15.4 Å². The Labute approximate surface area is 98.8 Å². The van der Waals surface area contributed by atoms with Gasteiger partial charge < -0.3 is 0 Å². The van der Waals surface area contributed by atoms with Crippen molar-refractivity contribution in [1.82, 2.24) is 4.98 Å². The van der Waals surface area contributed by atoms with Crippen LogP contribution >= 0.6 is 11.3 Å². The van der Waals surface area contributed by atoms with Gasteiger partial charge in [0.05, 0.1) is 4.88 Å². The van der Waals surface area contributed by atoms with Crippen LogP contribution < -0.4 is 0 Å². The summed E-state index contributed by atoms with van der Waals surface area (Å²) in [5, 5.41) is 1.17. The third kappa shape index (κ3) is 1.72. The fourth-order valence-corrected chi connectivity index (χ4v) is 2.76. The topological polar surface area (TPSA) is 12.9 Å². The van der Waals surface area contributed by atoms with E-state index in [-0.39, 0.29) is 0 Å². The van der Waals surface area contributed by atoms with Gasteiger partial charge in [-0.05, 0) is 5.56 Å². The minimum absolute atomic E-state index is 0.377. The molecule has 0 bridgehead atoms. The molecule has 1 heterocycles. The van der Waals surface area contributed by atoms with Gasteiger partial charge in [-0.25, -0.2) is 4.98 Å². The molecule has 0 fully saturated rings. The van der Waals surface area contributed by atoms with Crippen LogP contribution in [0, 0.1) is 0 Å². The number of hydrogen-bond donors (Lipinski definition) is 0. The molecule has 78 valence electrons. The highest BCUT2D eigenvalue weighted by Gasteiger charge is 2.12. The van der Waals surface area contributed by atoms with E-state index in [2.05, 4.69) is 53.6 Å². The highest BCUT2D eigenvalue weighted by molar-refractivity contribution is 7.15. The smallest absolute Gasteiger partial charge is 0.104 e. The first-order chi connectivity index (χ1) is 7.93. The molecular weight excluding hydrogens is 214 g/mol. The second-order valence-electron chi connectivity index (χ2n) is 3.72. The predicted molar refractivity (Wildman–Crippen MR) is 68.6 cm³/mol. The lowest BCUT2D eigenvalue weighted by molar-refractivity contribution is 1.06. The predicted octanol–water partition coefficient (Wildman–Crippen LogP) is 4.02. The lowest BCUT2D eigenvalue weighted by atomic mass is 10.2. The van der Waals surface area contributed by atoms with E-state index in [4.69, 9.17) is 0 Å². The first kappa shape index (κ1) is 9.55. The van der Waals surface area contributed by atoms with Crippen molar-refractivity contribution >= 4 is 11.3 Å². The number of nitrogens with zero attached hydrogens (tertiary/aromatic N) is 1. The molecule has 0 aliphatic heterocycles. The molecule has 1 nitrogen and oxygen atoms in total. The third-order valence-corrected chi connectivity index (χ3v) is 3.76. The zero-order valence-electron chi connectivity index (χ0n) is 8.71. The van der Waals surface area contributed by atoms with Gasteiger partial charge in [0.2, 0.25) is 0 Å². The molecule has 0 radical (unpaired) electrons. The Balaban J connectivity index is 1.94. The SMILES string of the molecule is C1=CC(c2ncc(-c3ccccc3)s2)C=C1. The van der Waals surface area contributed by atoms with Crippen LogP contribution in [0.3, 0.4) is 0 Å². The van der Waals surface area contributed by atoms with Crippen LogP contribution in [-0.2, 0) is 0 Å². The summed E-state index contributed by atoms with van der Waals surface area (Å²) in [6.07, 6.45) is 10.5. The molecule has 0 N–H and O–H groups in total. The van der Waals surface area contributed by atoms with Crippen molar-refractivity contribution in [1.29, 1.82) is 0 Å². The van der Waals surface area contributed by atoms with E-state index in [9.17, 15) is 0 Å². The lowest BCUT2D eigenvalue weighted by Crippen LogP contribution is -1.84. The quantitative estimate of drug-likeness (QED) is 0.752. The highest BCUT2D eigenvalue weighted by Crippen LogP contribution is 2.32. The number of aromatic nitrogens is 1. The summed E-state index contributed by atoms with van der Waals surface area (Å²) in [5.74, 6) is 0.377. The Kier molecular flexibility index (Phi) is 2.43. The standard InChI is InChI=1S/C14H11NS/c1-2-6-11(7-3-1)13-10-15-14(16-13)12-8-4-5-9-12/h1-10,12H. The fourth-order valence-electron chi connectivity index (χ4n) is 1.77. The molecule has 1 aromatic carbocycles. The number of benzene rings is 1. The van der Waals surface area contributed by atoms with E-state index in [1.54, 1.807) is 11.3 Å². The van der Waals surface area contributed by atoms with Crippen molar-refractivity contribution < 1.29 is 0 Å². The van der Waals surface area contributed by atoms with Crippen molar-refractivity contribution in [3.8, 4) is 10.4 Å². The normalized spacial score (nSPS) is 14.8. The molecule has 16 heavy (non-hydrogen) atoms. The average molecular weight is 225 g/mol. The van der Waals surface area contributed by atoms with Crippen molar-refractivity contribution in [2.45, 2.75) is 5.92 Å². The maximum absolute atomic E-state index is 4.49. The van der Waals surface area contributed by atoms with E-state index in [0.717, 1.165) is 0 Å². The molecule has 2 heteroatoms. The second kappa shape index (κ2) is 4.06. The van der Waals surface area contributed by atoms with Gasteiger partial charge in [-0.3, -0.25) is 0 Å². The fraction of sp³-hybridized carbons (Fsp3) is 0.0714. The van der Waals surface area contributed by atoms with Crippen LogP contribution in [0.5, 0.6) is 0 Å². The third-order valence-electron chi connectivity index (χ3n) is 2.62. The lowest BCUT2D eigenvalue weighted by Gasteiger charge is -1.98. The molecule has 1 aliphatic carbocycles. The summed E-state index contributed by atoms with van der Waals surface area (Å²) in [6, 6.07) is 10.4. The van der Waals surface area contributed by atoms with Crippen molar-refractivity contribution in [3.63, 3.8) is 0 Å². The summed E-state index contributed by atoms with van der Waals surface area (Å²) in [6.45, 7) is 0. The van der Waals surface area contributed by atoms with Gasteiger partial charge in [-0.1, -0.05) is 54.6 Å². The number of rotatable bonds is 2. The van der Waals surface area contributed by atoms with Crippen LogP contribution in [-0.4, -0.2) is 4.98 Å². The van der Waals surface area contributed by atoms with Crippen LogP contribution in [0.2, 0.25) is 0 Å². The monoisotopic (exact) mass is 225 g/mol. The maximum atomic E-state index is 4.49.